The number of likely N-dealkylation sites (tertiary alicyclic amines) is 2. The molecule has 2 heterocycles. The Kier molecular flexibility index (Phi) is 6.30. The van der Waals surface area contributed by atoms with E-state index in [1.807, 2.05) is 0 Å². The molecule has 0 bridgehead atoms. The van der Waals surface area contributed by atoms with Crippen LogP contribution >= 0.6 is 0 Å². The van der Waals surface area contributed by atoms with Crippen LogP contribution < -0.4 is 0 Å². The van der Waals surface area contributed by atoms with Gasteiger partial charge in [-0.25, -0.2) is 0 Å². The average Bonchev–Trinajstić information content (AvgIpc) is 3.00. The molecule has 0 aromatic rings. The van der Waals surface area contributed by atoms with Gasteiger partial charge in [-0.2, -0.15) is 0 Å². The highest BCUT2D eigenvalue weighted by atomic mass is 16.5. The highest BCUT2D eigenvalue weighted by Gasteiger charge is 2.24. The fourth-order valence-corrected chi connectivity index (χ4v) is 3.48. The minimum Gasteiger partial charge on any atom is -0.383 e. The Morgan fingerprint density at radius 2 is 1.85 bits per heavy atom. The predicted molar refractivity (Wildman–Crippen MR) is 80.7 cm³/mol. The number of piperidine rings is 1. The number of rotatable bonds is 6. The van der Waals surface area contributed by atoms with E-state index >= 15 is 0 Å². The largest absolute Gasteiger partial charge is 0.383 e. The minimum absolute atomic E-state index is 0.387. The van der Waals surface area contributed by atoms with Crippen molar-refractivity contribution in [1.82, 2.24) is 9.80 Å². The third-order valence-electron chi connectivity index (χ3n) is 4.91. The third kappa shape index (κ3) is 4.45. The lowest BCUT2D eigenvalue weighted by Gasteiger charge is -2.35. The summed E-state index contributed by atoms with van der Waals surface area (Å²) >= 11 is 0. The highest BCUT2D eigenvalue weighted by Crippen LogP contribution is 2.24. The third-order valence-corrected chi connectivity index (χ3v) is 4.91. The van der Waals surface area contributed by atoms with Gasteiger partial charge in [-0.1, -0.05) is 0 Å². The number of carbonyl (C=O) groups is 1. The van der Waals surface area contributed by atoms with Crippen molar-refractivity contribution in [2.45, 2.75) is 51.5 Å². The summed E-state index contributed by atoms with van der Waals surface area (Å²) in [6, 6.07) is 0.521. The van der Waals surface area contributed by atoms with Crippen LogP contribution in [-0.2, 0) is 9.53 Å². The molecule has 0 aliphatic carbocycles. The second kappa shape index (κ2) is 7.99. The molecule has 2 fully saturated rings. The lowest BCUT2D eigenvalue weighted by molar-refractivity contribution is -0.130. The Balaban J connectivity index is 1.63. The molecule has 1 unspecified atom stereocenters. The van der Waals surface area contributed by atoms with Crippen molar-refractivity contribution in [2.24, 2.45) is 5.92 Å². The fourth-order valence-electron chi connectivity index (χ4n) is 3.48. The second-order valence-electron chi connectivity index (χ2n) is 6.41. The van der Waals surface area contributed by atoms with Crippen LogP contribution in [0.2, 0.25) is 0 Å². The van der Waals surface area contributed by atoms with Crippen LogP contribution in [0.4, 0.5) is 0 Å². The summed E-state index contributed by atoms with van der Waals surface area (Å²) in [6.45, 7) is 7.36. The summed E-state index contributed by atoms with van der Waals surface area (Å²) in [7, 11) is 1.77. The van der Waals surface area contributed by atoms with E-state index in [1.54, 1.807) is 7.11 Å². The molecule has 20 heavy (non-hydrogen) atoms. The van der Waals surface area contributed by atoms with Gasteiger partial charge in [0.15, 0.2) is 0 Å². The lowest BCUT2D eigenvalue weighted by atomic mass is 9.91. The van der Waals surface area contributed by atoms with Crippen LogP contribution in [-0.4, -0.2) is 61.6 Å². The zero-order valence-corrected chi connectivity index (χ0v) is 13.1. The smallest absolute Gasteiger partial charge is 0.222 e. The SMILES string of the molecule is COCC(C)N1CCC(CCC(=O)N2CCCC2)CC1. The molecule has 0 aromatic heterocycles. The van der Waals surface area contributed by atoms with E-state index < -0.39 is 0 Å². The molecule has 0 radical (unpaired) electrons. The number of amides is 1. The first-order valence-electron chi connectivity index (χ1n) is 8.21. The molecular formula is C16H30N2O2. The molecule has 4 heteroatoms. The molecule has 2 rings (SSSR count). The van der Waals surface area contributed by atoms with E-state index in [1.165, 1.54) is 25.7 Å². The summed E-state index contributed by atoms with van der Waals surface area (Å²) in [4.78, 5) is 16.6. The van der Waals surface area contributed by atoms with Crippen molar-refractivity contribution >= 4 is 5.91 Å². The number of hydrogen-bond acceptors (Lipinski definition) is 3. The number of ether oxygens (including phenoxy) is 1. The molecule has 2 saturated heterocycles. The molecule has 4 nitrogen and oxygen atoms in total. The Morgan fingerprint density at radius 3 is 2.45 bits per heavy atom. The zero-order chi connectivity index (χ0) is 14.4. The maximum Gasteiger partial charge on any atom is 0.222 e. The number of hydrogen-bond donors (Lipinski definition) is 0. The number of carbonyl (C=O) groups excluding carboxylic acids is 1. The lowest BCUT2D eigenvalue weighted by Crippen LogP contribution is -2.42. The predicted octanol–water partition coefficient (Wildman–Crippen LogP) is 2.14. The van der Waals surface area contributed by atoms with Crippen LogP contribution in [0, 0.1) is 5.92 Å². The molecule has 0 aromatic carbocycles. The summed E-state index contributed by atoms with van der Waals surface area (Å²) in [5, 5.41) is 0. The second-order valence-corrected chi connectivity index (χ2v) is 6.41. The van der Waals surface area contributed by atoms with Crippen molar-refractivity contribution in [3.8, 4) is 0 Å². The van der Waals surface area contributed by atoms with Crippen molar-refractivity contribution in [3.63, 3.8) is 0 Å². The maximum atomic E-state index is 12.0. The Labute approximate surface area is 123 Å². The van der Waals surface area contributed by atoms with Gasteiger partial charge in [0.1, 0.15) is 0 Å². The molecule has 0 spiro atoms. The molecule has 0 N–H and O–H groups in total. The standard InChI is InChI=1S/C16H30N2O2/c1-14(13-20-2)17-11-7-15(8-12-17)5-6-16(19)18-9-3-4-10-18/h14-15H,3-13H2,1-2H3. The van der Waals surface area contributed by atoms with Crippen LogP contribution in [0.5, 0.6) is 0 Å². The molecule has 1 atom stereocenters. The Morgan fingerprint density at radius 1 is 1.20 bits per heavy atom. The van der Waals surface area contributed by atoms with Gasteiger partial charge in [-0.15, -0.1) is 0 Å². The van der Waals surface area contributed by atoms with E-state index in [-0.39, 0.29) is 0 Å². The molecule has 116 valence electrons. The van der Waals surface area contributed by atoms with Crippen LogP contribution in [0.1, 0.15) is 45.4 Å². The van der Waals surface area contributed by atoms with Gasteiger partial charge >= 0.3 is 0 Å². The Hall–Kier alpha value is -0.610. The van der Waals surface area contributed by atoms with Gasteiger partial charge in [0.25, 0.3) is 0 Å². The van der Waals surface area contributed by atoms with Gasteiger partial charge in [-0.3, -0.25) is 9.69 Å². The zero-order valence-electron chi connectivity index (χ0n) is 13.1. The van der Waals surface area contributed by atoms with Crippen LogP contribution in [0.25, 0.3) is 0 Å². The van der Waals surface area contributed by atoms with Crippen LogP contribution in [0.3, 0.4) is 0 Å². The van der Waals surface area contributed by atoms with Gasteiger partial charge < -0.3 is 9.64 Å². The average molecular weight is 282 g/mol. The quantitative estimate of drug-likeness (QED) is 0.748. The van der Waals surface area contributed by atoms with Gasteiger partial charge in [-0.05, 0) is 58.0 Å². The normalized spacial score (nSPS) is 23.2. The van der Waals surface area contributed by atoms with Crippen molar-refractivity contribution in [3.05, 3.63) is 0 Å². The van der Waals surface area contributed by atoms with Gasteiger partial charge in [0.05, 0.1) is 6.61 Å². The van der Waals surface area contributed by atoms with Crippen molar-refractivity contribution < 1.29 is 9.53 Å². The molecule has 0 saturated carbocycles. The highest BCUT2D eigenvalue weighted by molar-refractivity contribution is 5.76. The molecule has 2 aliphatic rings. The molecule has 1 amide bonds. The topological polar surface area (TPSA) is 32.8 Å². The fraction of sp³-hybridized carbons (Fsp3) is 0.938. The first-order chi connectivity index (χ1) is 9.70. The van der Waals surface area contributed by atoms with E-state index in [0.717, 1.165) is 51.5 Å². The molecule has 2 aliphatic heterocycles. The van der Waals surface area contributed by atoms with E-state index in [9.17, 15) is 4.79 Å². The van der Waals surface area contributed by atoms with Gasteiger partial charge in [0.2, 0.25) is 5.91 Å². The van der Waals surface area contributed by atoms with Crippen molar-refractivity contribution in [1.29, 1.82) is 0 Å². The molecular weight excluding hydrogens is 252 g/mol. The first kappa shape index (κ1) is 15.8. The van der Waals surface area contributed by atoms with Crippen molar-refractivity contribution in [2.75, 3.05) is 39.9 Å². The number of methoxy groups -OCH3 is 1. The first-order valence-corrected chi connectivity index (χ1v) is 8.21. The summed E-state index contributed by atoms with van der Waals surface area (Å²) in [5.74, 6) is 1.13. The summed E-state index contributed by atoms with van der Waals surface area (Å²) in [6.07, 6.45) is 6.71. The van der Waals surface area contributed by atoms with E-state index in [2.05, 4.69) is 16.7 Å². The number of nitrogens with zero attached hydrogens (tertiary/aromatic N) is 2. The minimum atomic E-state index is 0.387. The van der Waals surface area contributed by atoms with Crippen LogP contribution in [0.15, 0.2) is 0 Å². The van der Waals surface area contributed by atoms with E-state index in [0.29, 0.717) is 11.9 Å². The monoisotopic (exact) mass is 282 g/mol. The van der Waals surface area contributed by atoms with E-state index in [4.69, 9.17) is 4.74 Å². The van der Waals surface area contributed by atoms with Gasteiger partial charge in [0, 0.05) is 32.7 Å². The summed E-state index contributed by atoms with van der Waals surface area (Å²) < 4.78 is 5.23. The Bertz CT molecular complexity index is 295. The maximum absolute atomic E-state index is 12.0. The summed E-state index contributed by atoms with van der Waals surface area (Å²) in [5.41, 5.74) is 0.